The van der Waals surface area contributed by atoms with Crippen LogP contribution < -0.4 is 9.47 Å². The second-order valence-electron chi connectivity index (χ2n) is 3.74. The van der Waals surface area contributed by atoms with E-state index in [1.165, 1.54) is 7.11 Å². The number of rotatable bonds is 2. The van der Waals surface area contributed by atoms with E-state index in [4.69, 9.17) is 37.9 Å². The Morgan fingerprint density at radius 2 is 2.35 bits per heavy atom. The van der Waals surface area contributed by atoms with Crippen LogP contribution in [0.5, 0.6) is 11.5 Å². The van der Waals surface area contributed by atoms with Crippen molar-refractivity contribution in [3.8, 4) is 17.6 Å². The molecule has 0 bridgehead atoms. The van der Waals surface area contributed by atoms with Gasteiger partial charge in [-0.2, -0.15) is 5.26 Å². The molecule has 0 fully saturated rings. The fourth-order valence-corrected chi connectivity index (χ4v) is 2.49. The fourth-order valence-electron chi connectivity index (χ4n) is 1.98. The highest BCUT2D eigenvalue weighted by molar-refractivity contribution is 6.32. The summed E-state index contributed by atoms with van der Waals surface area (Å²) in [6, 6.07) is 3.80. The summed E-state index contributed by atoms with van der Waals surface area (Å²) >= 11 is 12.1. The number of aryl methyl sites for hydroxylation is 1. The first kappa shape index (κ1) is 12.3. The van der Waals surface area contributed by atoms with Crippen LogP contribution in [0.3, 0.4) is 0 Å². The fraction of sp³-hybridized carbons (Fsp3) is 0.417. The molecule has 1 heterocycles. The predicted molar refractivity (Wildman–Crippen MR) is 66.0 cm³/mol. The number of halogens is 2. The lowest BCUT2D eigenvalue weighted by Crippen LogP contribution is -2.12. The largest absolute Gasteiger partial charge is 0.495 e. The van der Waals surface area contributed by atoms with E-state index in [2.05, 4.69) is 0 Å². The predicted octanol–water partition coefficient (Wildman–Crippen LogP) is 3.48. The number of fused-ring (bicyclic) bond motifs is 1. The second kappa shape index (κ2) is 5.03. The topological polar surface area (TPSA) is 42.2 Å². The third-order valence-electron chi connectivity index (χ3n) is 2.71. The lowest BCUT2D eigenvalue weighted by atomic mass is 9.99. The first-order chi connectivity index (χ1) is 8.19. The summed E-state index contributed by atoms with van der Waals surface area (Å²) < 4.78 is 10.8. The van der Waals surface area contributed by atoms with Crippen molar-refractivity contribution in [1.82, 2.24) is 0 Å². The maximum atomic E-state index is 8.96. The molecular weight excluding hydrogens is 261 g/mol. The summed E-state index contributed by atoms with van der Waals surface area (Å²) in [5, 5.41) is 8.61. The highest BCUT2D eigenvalue weighted by Crippen LogP contribution is 2.45. The molecule has 0 saturated carbocycles. The maximum Gasteiger partial charge on any atom is 0.152 e. The van der Waals surface area contributed by atoms with Gasteiger partial charge < -0.3 is 9.47 Å². The molecule has 3 nitrogen and oxygen atoms in total. The minimum absolute atomic E-state index is 0.425. The SMILES string of the molecule is COc1c(Cl)cc2c(c1C(Cl)C#N)OCCC2. The van der Waals surface area contributed by atoms with Crippen molar-refractivity contribution in [2.24, 2.45) is 0 Å². The number of hydrogen-bond acceptors (Lipinski definition) is 3. The summed E-state index contributed by atoms with van der Waals surface area (Å²) in [5.41, 5.74) is 1.52. The van der Waals surface area contributed by atoms with Crippen molar-refractivity contribution >= 4 is 23.2 Å². The summed E-state index contributed by atoms with van der Waals surface area (Å²) in [7, 11) is 1.50. The molecule has 0 aromatic heterocycles. The molecule has 5 heteroatoms. The molecule has 1 aromatic rings. The maximum absolute atomic E-state index is 8.96. The van der Waals surface area contributed by atoms with Crippen molar-refractivity contribution in [3.63, 3.8) is 0 Å². The van der Waals surface area contributed by atoms with Gasteiger partial charge in [0.15, 0.2) is 5.38 Å². The Morgan fingerprint density at radius 1 is 1.59 bits per heavy atom. The molecule has 2 rings (SSSR count). The quantitative estimate of drug-likeness (QED) is 0.774. The first-order valence-electron chi connectivity index (χ1n) is 5.24. The van der Waals surface area contributed by atoms with Crippen molar-refractivity contribution in [1.29, 1.82) is 5.26 Å². The first-order valence-corrected chi connectivity index (χ1v) is 6.06. The van der Waals surface area contributed by atoms with Crippen LogP contribution in [0.4, 0.5) is 0 Å². The molecule has 1 aromatic carbocycles. The average molecular weight is 272 g/mol. The van der Waals surface area contributed by atoms with E-state index in [1.54, 1.807) is 0 Å². The van der Waals surface area contributed by atoms with Crippen LogP contribution in [0.2, 0.25) is 5.02 Å². The van der Waals surface area contributed by atoms with Gasteiger partial charge in [-0.1, -0.05) is 11.6 Å². The Bertz CT molecular complexity index is 482. The number of benzene rings is 1. The molecule has 1 aliphatic rings. The van der Waals surface area contributed by atoms with Crippen LogP contribution >= 0.6 is 23.2 Å². The average Bonchev–Trinajstić information content (AvgIpc) is 2.36. The number of ether oxygens (including phenoxy) is 2. The van der Waals surface area contributed by atoms with E-state index in [-0.39, 0.29) is 0 Å². The molecule has 1 unspecified atom stereocenters. The van der Waals surface area contributed by atoms with E-state index in [0.717, 1.165) is 18.4 Å². The molecule has 0 aliphatic carbocycles. The molecule has 0 spiro atoms. The molecule has 1 atom stereocenters. The molecule has 0 saturated heterocycles. The van der Waals surface area contributed by atoms with E-state index < -0.39 is 5.38 Å². The van der Waals surface area contributed by atoms with E-state index in [0.29, 0.717) is 28.7 Å². The van der Waals surface area contributed by atoms with Gasteiger partial charge in [-0.25, -0.2) is 0 Å². The summed E-state index contributed by atoms with van der Waals surface area (Å²) in [4.78, 5) is 0. The minimum atomic E-state index is -0.824. The lowest BCUT2D eigenvalue weighted by molar-refractivity contribution is 0.282. The van der Waals surface area contributed by atoms with Crippen molar-refractivity contribution in [2.45, 2.75) is 18.2 Å². The molecule has 90 valence electrons. The standard InChI is InChI=1S/C12H11Cl2NO2/c1-16-12-8(13)5-7-3-2-4-17-11(7)10(12)9(14)6-15/h5,9H,2-4H2,1H3. The Morgan fingerprint density at radius 3 is 3.00 bits per heavy atom. The smallest absolute Gasteiger partial charge is 0.152 e. The molecule has 0 amide bonds. The van der Waals surface area contributed by atoms with Crippen molar-refractivity contribution < 1.29 is 9.47 Å². The monoisotopic (exact) mass is 271 g/mol. The molecular formula is C12H11Cl2NO2. The third-order valence-corrected chi connectivity index (χ3v) is 3.30. The van der Waals surface area contributed by atoms with Gasteiger partial charge in [0.05, 0.1) is 30.4 Å². The zero-order valence-corrected chi connectivity index (χ0v) is 10.8. The minimum Gasteiger partial charge on any atom is -0.495 e. The number of hydrogen-bond donors (Lipinski definition) is 0. The van der Waals surface area contributed by atoms with Crippen LogP contribution in [0.25, 0.3) is 0 Å². The number of nitrogens with zero attached hydrogens (tertiary/aromatic N) is 1. The highest BCUT2D eigenvalue weighted by Gasteiger charge is 2.26. The van der Waals surface area contributed by atoms with Crippen LogP contribution in [-0.4, -0.2) is 13.7 Å². The second-order valence-corrected chi connectivity index (χ2v) is 4.58. The van der Waals surface area contributed by atoms with Crippen LogP contribution in [-0.2, 0) is 6.42 Å². The van der Waals surface area contributed by atoms with Crippen LogP contribution in [0.1, 0.15) is 22.9 Å². The van der Waals surface area contributed by atoms with Crippen LogP contribution in [0, 0.1) is 11.3 Å². The molecule has 17 heavy (non-hydrogen) atoms. The van der Waals surface area contributed by atoms with E-state index in [9.17, 15) is 0 Å². The summed E-state index contributed by atoms with van der Waals surface area (Å²) in [5.74, 6) is 1.08. The third kappa shape index (κ3) is 2.15. The zero-order chi connectivity index (χ0) is 12.4. The number of methoxy groups -OCH3 is 1. The van der Waals surface area contributed by atoms with Crippen molar-refractivity contribution in [3.05, 3.63) is 22.2 Å². The van der Waals surface area contributed by atoms with Gasteiger partial charge in [-0.15, -0.1) is 11.6 Å². The van der Waals surface area contributed by atoms with E-state index in [1.807, 2.05) is 12.1 Å². The molecule has 0 radical (unpaired) electrons. The van der Waals surface area contributed by atoms with Gasteiger partial charge in [-0.3, -0.25) is 0 Å². The van der Waals surface area contributed by atoms with Crippen LogP contribution in [0.15, 0.2) is 6.07 Å². The number of alkyl halides is 1. The van der Waals surface area contributed by atoms with Gasteiger partial charge in [0.1, 0.15) is 11.5 Å². The van der Waals surface area contributed by atoms with Gasteiger partial charge in [-0.05, 0) is 24.5 Å². The molecule has 0 N–H and O–H groups in total. The van der Waals surface area contributed by atoms with Gasteiger partial charge >= 0.3 is 0 Å². The number of nitriles is 1. The Balaban J connectivity index is 2.66. The highest BCUT2D eigenvalue weighted by atomic mass is 35.5. The zero-order valence-electron chi connectivity index (χ0n) is 9.30. The summed E-state index contributed by atoms with van der Waals surface area (Å²) in [6.07, 6.45) is 1.82. The Hall–Kier alpha value is -1.11. The van der Waals surface area contributed by atoms with Crippen molar-refractivity contribution in [2.75, 3.05) is 13.7 Å². The van der Waals surface area contributed by atoms with Gasteiger partial charge in [0.2, 0.25) is 0 Å². The van der Waals surface area contributed by atoms with Gasteiger partial charge in [0.25, 0.3) is 0 Å². The van der Waals surface area contributed by atoms with E-state index >= 15 is 0 Å². The lowest BCUT2D eigenvalue weighted by Gasteiger charge is -2.23. The molecule has 1 aliphatic heterocycles. The Kier molecular flexibility index (Phi) is 3.66. The normalized spacial score (nSPS) is 15.4. The summed E-state index contributed by atoms with van der Waals surface area (Å²) in [6.45, 7) is 0.625. The Labute approximate surface area is 110 Å². The van der Waals surface area contributed by atoms with Gasteiger partial charge in [0, 0.05) is 0 Å².